The Morgan fingerprint density at radius 3 is 1.24 bits per heavy atom. The lowest BCUT2D eigenvalue weighted by Gasteiger charge is -2.19. The van der Waals surface area contributed by atoms with E-state index in [9.17, 15) is 0 Å². The average Bonchev–Trinajstić information content (AvgIpc) is 2.86. The Balaban J connectivity index is 1.45. The van der Waals surface area contributed by atoms with Crippen LogP contribution in [0.4, 0.5) is 0 Å². The molecule has 6 heteroatoms. The molecule has 0 fully saturated rings. The van der Waals surface area contributed by atoms with Crippen LogP contribution in [0.1, 0.15) is 6.42 Å². The molecule has 0 aliphatic heterocycles. The number of ether oxygens (including phenoxy) is 2. The zero-order valence-electron chi connectivity index (χ0n) is 23.7. The zero-order chi connectivity index (χ0) is 26.7. The van der Waals surface area contributed by atoms with E-state index in [0.29, 0.717) is 13.2 Å². The number of hydrogen-bond donors (Lipinski definition) is 0. The molecule has 0 saturated carbocycles. The minimum Gasteiger partial charge on any atom is -0.494 e. The van der Waals surface area contributed by atoms with Gasteiger partial charge in [-0.15, -0.1) is 0 Å². The van der Waals surface area contributed by atoms with Gasteiger partial charge in [0.2, 0.25) is 0 Å². The second kappa shape index (κ2) is 12.2. The second-order valence-electron chi connectivity index (χ2n) is 10.8. The summed E-state index contributed by atoms with van der Waals surface area (Å²) in [5, 5.41) is 11.3. The minimum absolute atomic E-state index is 0.448. The van der Waals surface area contributed by atoms with Crippen LogP contribution >= 0.6 is 0 Å². The van der Waals surface area contributed by atoms with Gasteiger partial charge in [-0.25, -0.2) is 0 Å². The van der Waals surface area contributed by atoms with Crippen LogP contribution in [-0.4, -0.2) is 48.4 Å². The summed E-state index contributed by atoms with van der Waals surface area (Å²) in [5.41, 5.74) is 0. The molecule has 0 aliphatic carbocycles. The third kappa shape index (κ3) is 6.30. The summed E-state index contributed by atoms with van der Waals surface area (Å²) in [6.45, 7) is 20.2. The number of fused-ring (bicyclic) bond motifs is 2. The summed E-state index contributed by atoms with van der Waals surface area (Å²) in [6, 6.07) is 22.9. The van der Waals surface area contributed by atoms with Crippen molar-refractivity contribution in [3.8, 4) is 11.5 Å². The van der Waals surface area contributed by atoms with Crippen molar-refractivity contribution in [2.45, 2.75) is 58.8 Å². The van der Waals surface area contributed by atoms with Gasteiger partial charge in [-0.1, -0.05) is 111 Å². The first kappa shape index (κ1) is 27.9. The Morgan fingerprint density at radius 1 is 0.486 bits per heavy atom. The van der Waals surface area contributed by atoms with Gasteiger partial charge in [-0.05, 0) is 44.1 Å². The van der Waals surface area contributed by atoms with E-state index < -0.39 is 35.2 Å². The van der Waals surface area contributed by atoms with Crippen LogP contribution in [0.2, 0.25) is 52.4 Å². The van der Waals surface area contributed by atoms with Crippen molar-refractivity contribution in [1.29, 1.82) is 0 Å². The van der Waals surface area contributed by atoms with Gasteiger partial charge in [-0.2, -0.15) is 0 Å². The normalized spacial score (nSPS) is 12.0. The van der Waals surface area contributed by atoms with E-state index in [1.54, 1.807) is 0 Å². The second-order valence-corrected chi connectivity index (χ2v) is 21.0. The van der Waals surface area contributed by atoms with Crippen LogP contribution in [0.15, 0.2) is 60.7 Å². The molecule has 0 N–H and O–H groups in total. The molecule has 0 aromatic heterocycles. The van der Waals surface area contributed by atoms with Gasteiger partial charge in [0.1, 0.15) is 11.5 Å². The SMILES string of the molecule is C[Si](C)c1ccc2c([Si](C)C)c(OCCCOc3ccc4cc([Si](C)C)ccc4c3[Si](C)C)ccc2c1. The van der Waals surface area contributed by atoms with Crippen molar-refractivity contribution in [2.75, 3.05) is 13.2 Å². The van der Waals surface area contributed by atoms with Crippen molar-refractivity contribution >= 4 is 77.5 Å². The third-order valence-corrected chi connectivity index (χ3v) is 12.9. The van der Waals surface area contributed by atoms with Crippen molar-refractivity contribution in [1.82, 2.24) is 0 Å². The highest BCUT2D eigenvalue weighted by molar-refractivity contribution is 6.75. The Kier molecular flexibility index (Phi) is 9.16. The van der Waals surface area contributed by atoms with Crippen LogP contribution in [-0.2, 0) is 0 Å². The van der Waals surface area contributed by atoms with E-state index >= 15 is 0 Å². The van der Waals surface area contributed by atoms with E-state index in [1.807, 2.05) is 0 Å². The Hall–Kier alpha value is -2.13. The maximum atomic E-state index is 6.37. The van der Waals surface area contributed by atoms with Crippen LogP contribution < -0.4 is 30.2 Å². The molecule has 2 nitrogen and oxygen atoms in total. The highest BCUT2D eigenvalue weighted by Crippen LogP contribution is 2.22. The molecular weight excluding hydrogens is 517 g/mol. The maximum absolute atomic E-state index is 6.37. The molecule has 4 aromatic rings. The summed E-state index contributed by atoms with van der Waals surface area (Å²) in [4.78, 5) is 0. The summed E-state index contributed by atoms with van der Waals surface area (Å²) < 4.78 is 12.7. The zero-order valence-corrected chi connectivity index (χ0v) is 27.7. The van der Waals surface area contributed by atoms with Crippen molar-refractivity contribution in [2.24, 2.45) is 0 Å². The molecule has 0 unspecified atom stereocenters. The smallest absolute Gasteiger partial charge is 0.118 e. The van der Waals surface area contributed by atoms with Gasteiger partial charge >= 0.3 is 0 Å². The van der Waals surface area contributed by atoms with Gasteiger partial charge in [-0.3, -0.25) is 0 Å². The largest absolute Gasteiger partial charge is 0.494 e. The molecular formula is C31H40O2Si4. The van der Waals surface area contributed by atoms with Crippen LogP contribution in [0.5, 0.6) is 11.5 Å². The summed E-state index contributed by atoms with van der Waals surface area (Å²) in [6.07, 6.45) is 0.868. The first-order valence-electron chi connectivity index (χ1n) is 13.3. The minimum atomic E-state index is -0.671. The molecule has 192 valence electrons. The van der Waals surface area contributed by atoms with Crippen LogP contribution in [0.25, 0.3) is 21.5 Å². The lowest BCUT2D eigenvalue weighted by Crippen LogP contribution is -2.28. The number of hydrogen-bond acceptors (Lipinski definition) is 2. The van der Waals surface area contributed by atoms with E-state index in [-0.39, 0.29) is 0 Å². The van der Waals surface area contributed by atoms with E-state index in [2.05, 4.69) is 113 Å². The molecule has 0 atom stereocenters. The topological polar surface area (TPSA) is 18.5 Å². The van der Waals surface area contributed by atoms with Crippen molar-refractivity contribution in [3.63, 3.8) is 0 Å². The standard InChI is InChI=1S/C31H40O2Si4/c1-34(2)24-12-14-26-22(20-24)10-16-28(30(26)36(5)6)32-18-9-19-33-29-17-11-23-21-25(35(3)4)13-15-27(23)31(29)37(7)8/h10-17,20-21H,9,18-19H2,1-8H3. The highest BCUT2D eigenvalue weighted by Gasteiger charge is 2.16. The molecule has 37 heavy (non-hydrogen) atoms. The first-order chi connectivity index (χ1) is 17.7. The molecule has 4 rings (SSSR count). The summed E-state index contributed by atoms with van der Waals surface area (Å²) >= 11 is 0. The van der Waals surface area contributed by atoms with Gasteiger partial charge in [0, 0.05) is 6.42 Å². The fourth-order valence-corrected chi connectivity index (χ4v) is 9.49. The molecule has 0 bridgehead atoms. The molecule has 0 aliphatic rings. The molecule has 0 saturated heterocycles. The number of benzene rings is 4. The Labute approximate surface area is 230 Å². The van der Waals surface area contributed by atoms with Gasteiger partial charge < -0.3 is 9.47 Å². The Morgan fingerprint density at radius 2 is 0.892 bits per heavy atom. The summed E-state index contributed by atoms with van der Waals surface area (Å²) in [5.74, 6) is 2.11. The van der Waals surface area contributed by atoms with Crippen LogP contribution in [0, 0.1) is 0 Å². The maximum Gasteiger partial charge on any atom is 0.118 e. The molecule has 0 heterocycles. The van der Waals surface area contributed by atoms with E-state index in [1.165, 1.54) is 42.3 Å². The monoisotopic (exact) mass is 556 g/mol. The van der Waals surface area contributed by atoms with Gasteiger partial charge in [0.25, 0.3) is 0 Å². The molecule has 4 aromatic carbocycles. The van der Waals surface area contributed by atoms with Crippen molar-refractivity contribution in [3.05, 3.63) is 60.7 Å². The van der Waals surface area contributed by atoms with Crippen molar-refractivity contribution < 1.29 is 9.47 Å². The van der Waals surface area contributed by atoms with Gasteiger partial charge in [0.15, 0.2) is 0 Å². The van der Waals surface area contributed by atoms with Gasteiger partial charge in [0.05, 0.1) is 48.4 Å². The highest BCUT2D eigenvalue weighted by atomic mass is 28.3. The lowest BCUT2D eigenvalue weighted by molar-refractivity contribution is 0.250. The quantitative estimate of drug-likeness (QED) is 0.185. The van der Waals surface area contributed by atoms with E-state index in [0.717, 1.165) is 17.9 Å². The van der Waals surface area contributed by atoms with Crippen LogP contribution in [0.3, 0.4) is 0 Å². The summed E-state index contributed by atoms with van der Waals surface area (Å²) in [7, 11) is -2.24. The first-order valence-corrected chi connectivity index (χ1v) is 23.3. The Bertz CT molecular complexity index is 1270. The predicted molar refractivity (Wildman–Crippen MR) is 172 cm³/mol. The fourth-order valence-electron chi connectivity index (χ4n) is 4.94. The number of rotatable bonds is 10. The van der Waals surface area contributed by atoms with E-state index in [4.69, 9.17) is 9.47 Å². The molecule has 4 radical (unpaired) electrons. The fraction of sp³-hybridized carbons (Fsp3) is 0.355. The molecule has 0 amide bonds. The average molecular weight is 557 g/mol. The third-order valence-electron chi connectivity index (χ3n) is 6.92. The lowest BCUT2D eigenvalue weighted by atomic mass is 10.1. The molecule has 0 spiro atoms. The predicted octanol–water partition coefficient (Wildman–Crippen LogP) is 5.69.